The first-order valence-electron chi connectivity index (χ1n) is 13.6. The summed E-state index contributed by atoms with van der Waals surface area (Å²) in [5, 5.41) is 9.70. The quantitative estimate of drug-likeness (QED) is 0.505. The number of carboxylic acid groups (broad SMARTS) is 1. The largest absolute Gasteiger partial charge is 0.492 e. The highest BCUT2D eigenvalue weighted by Gasteiger charge is 2.36. The molecule has 196 valence electrons. The van der Waals surface area contributed by atoms with Crippen molar-refractivity contribution in [3.8, 4) is 5.75 Å². The van der Waals surface area contributed by atoms with E-state index in [-0.39, 0.29) is 29.7 Å². The summed E-state index contributed by atoms with van der Waals surface area (Å²) in [6, 6.07) is 7.18. The highest BCUT2D eigenvalue weighted by atomic mass is 16.5. The molecule has 1 aromatic rings. The van der Waals surface area contributed by atoms with Crippen LogP contribution in [0.2, 0.25) is 0 Å². The Morgan fingerprint density at radius 3 is 2.19 bits per heavy atom. The maximum atomic E-state index is 12.8. The molecule has 1 N–H and O–H groups in total. The Kier molecular flexibility index (Phi) is 9.05. The molecule has 2 atom stereocenters. The van der Waals surface area contributed by atoms with Gasteiger partial charge in [-0.15, -0.1) is 0 Å². The number of hydrogen-bond acceptors (Lipinski definition) is 4. The molecule has 0 bridgehead atoms. The average Bonchev–Trinajstić information content (AvgIpc) is 3.34. The van der Waals surface area contributed by atoms with Gasteiger partial charge >= 0.3 is 5.97 Å². The number of fused-ring (bicyclic) bond motifs is 1. The first kappa shape index (κ1) is 26.2. The molecule has 0 radical (unpaired) electrons. The minimum atomic E-state index is -1.06. The van der Waals surface area contributed by atoms with E-state index >= 15 is 0 Å². The van der Waals surface area contributed by atoms with Crippen molar-refractivity contribution in [2.75, 3.05) is 33.3 Å². The second-order valence-corrected chi connectivity index (χ2v) is 10.8. The molecule has 7 heteroatoms. The number of likely N-dealkylation sites (N-methyl/N-ethyl adjacent to an activating group) is 1. The number of hydrogen-bond donors (Lipinski definition) is 1. The van der Waals surface area contributed by atoms with Crippen molar-refractivity contribution in [1.29, 1.82) is 0 Å². The summed E-state index contributed by atoms with van der Waals surface area (Å²) >= 11 is 0. The zero-order valence-corrected chi connectivity index (χ0v) is 21.5. The van der Waals surface area contributed by atoms with Crippen LogP contribution in [-0.4, -0.2) is 66.0 Å². The van der Waals surface area contributed by atoms with Gasteiger partial charge in [0.2, 0.25) is 11.8 Å². The van der Waals surface area contributed by atoms with Gasteiger partial charge in [0.25, 0.3) is 0 Å². The SMILES string of the molecule is CN(CCOc1ccc(/C=C(\CC(=O)N2C[C@H]3CCCC[C@H]3C2)C(=O)O)cc1)C(=O)C1CCCCC1. The van der Waals surface area contributed by atoms with Crippen LogP contribution in [0.4, 0.5) is 0 Å². The molecular weight excluding hydrogens is 456 g/mol. The number of amides is 2. The lowest BCUT2D eigenvalue weighted by atomic mass is 9.82. The molecular formula is C29H40N2O5. The number of likely N-dealkylation sites (tertiary alicyclic amines) is 1. The Balaban J connectivity index is 1.26. The van der Waals surface area contributed by atoms with E-state index in [1.807, 2.05) is 11.9 Å². The van der Waals surface area contributed by atoms with E-state index in [0.29, 0.717) is 36.3 Å². The Morgan fingerprint density at radius 2 is 1.58 bits per heavy atom. The second-order valence-electron chi connectivity index (χ2n) is 10.8. The highest BCUT2D eigenvalue weighted by Crippen LogP contribution is 2.36. The molecule has 7 nitrogen and oxygen atoms in total. The Bertz CT molecular complexity index is 937. The molecule has 0 spiro atoms. The summed E-state index contributed by atoms with van der Waals surface area (Å²) in [5.74, 6) is 1.03. The van der Waals surface area contributed by atoms with E-state index in [2.05, 4.69) is 0 Å². The molecule has 3 aliphatic rings. The van der Waals surface area contributed by atoms with Gasteiger partial charge in [-0.25, -0.2) is 4.79 Å². The lowest BCUT2D eigenvalue weighted by molar-refractivity contribution is -0.136. The summed E-state index contributed by atoms with van der Waals surface area (Å²) in [6.45, 7) is 2.46. The van der Waals surface area contributed by atoms with Crippen molar-refractivity contribution >= 4 is 23.9 Å². The minimum Gasteiger partial charge on any atom is -0.492 e. The summed E-state index contributed by atoms with van der Waals surface area (Å²) in [5.41, 5.74) is 0.818. The zero-order valence-electron chi connectivity index (χ0n) is 21.5. The second kappa shape index (κ2) is 12.4. The third-order valence-corrected chi connectivity index (χ3v) is 8.19. The van der Waals surface area contributed by atoms with Crippen molar-refractivity contribution in [2.24, 2.45) is 17.8 Å². The first-order chi connectivity index (χ1) is 17.4. The van der Waals surface area contributed by atoms with E-state index in [1.165, 1.54) is 32.1 Å². The van der Waals surface area contributed by atoms with Gasteiger partial charge in [-0.2, -0.15) is 0 Å². The van der Waals surface area contributed by atoms with Crippen LogP contribution in [0.15, 0.2) is 29.8 Å². The predicted molar refractivity (Wildman–Crippen MR) is 138 cm³/mol. The maximum absolute atomic E-state index is 12.8. The third kappa shape index (κ3) is 6.89. The highest BCUT2D eigenvalue weighted by molar-refractivity contribution is 5.98. The smallest absolute Gasteiger partial charge is 0.332 e. The normalized spacial score (nSPS) is 22.7. The van der Waals surface area contributed by atoms with Crippen LogP contribution in [0.5, 0.6) is 5.75 Å². The molecule has 1 saturated heterocycles. The van der Waals surface area contributed by atoms with Crippen molar-refractivity contribution in [2.45, 2.75) is 64.2 Å². The number of carbonyl (C=O) groups is 3. The van der Waals surface area contributed by atoms with Gasteiger partial charge in [0.05, 0.1) is 13.0 Å². The third-order valence-electron chi connectivity index (χ3n) is 8.19. The van der Waals surface area contributed by atoms with E-state index in [0.717, 1.165) is 38.8 Å². The van der Waals surface area contributed by atoms with Crippen LogP contribution < -0.4 is 4.74 Å². The van der Waals surface area contributed by atoms with Gasteiger partial charge in [0.1, 0.15) is 12.4 Å². The molecule has 1 heterocycles. The molecule has 4 rings (SSSR count). The lowest BCUT2D eigenvalue weighted by Crippen LogP contribution is -2.36. The van der Waals surface area contributed by atoms with Crippen LogP contribution >= 0.6 is 0 Å². The van der Waals surface area contributed by atoms with Crippen LogP contribution in [0.1, 0.15) is 69.8 Å². The van der Waals surface area contributed by atoms with E-state index < -0.39 is 5.97 Å². The Hall–Kier alpha value is -2.83. The van der Waals surface area contributed by atoms with E-state index in [9.17, 15) is 19.5 Å². The van der Waals surface area contributed by atoms with Crippen LogP contribution in [0.3, 0.4) is 0 Å². The first-order valence-corrected chi connectivity index (χ1v) is 13.6. The van der Waals surface area contributed by atoms with Gasteiger partial charge in [0.15, 0.2) is 0 Å². The predicted octanol–water partition coefficient (Wildman–Crippen LogP) is 4.61. The average molecular weight is 497 g/mol. The number of benzene rings is 1. The Labute approximate surface area is 214 Å². The molecule has 0 aromatic heterocycles. The molecule has 3 fully saturated rings. The fourth-order valence-electron chi connectivity index (χ4n) is 6.01. The van der Waals surface area contributed by atoms with Gasteiger partial charge in [-0.1, -0.05) is 44.2 Å². The van der Waals surface area contributed by atoms with Crippen LogP contribution in [0.25, 0.3) is 6.08 Å². The standard InChI is InChI=1S/C29H40N2O5/c1-30(28(33)22-7-3-2-4-8-22)15-16-36-26-13-11-21(12-14-26)17-25(29(34)35)18-27(32)31-19-23-9-5-6-10-24(23)20-31/h11-14,17,22-24H,2-10,15-16,18-20H2,1H3,(H,34,35)/b25-17+/t23-,24+. The summed E-state index contributed by atoms with van der Waals surface area (Å²) in [6.07, 6.45) is 11.8. The molecule has 36 heavy (non-hydrogen) atoms. The minimum absolute atomic E-state index is 0.0889. The number of aliphatic carboxylic acids is 1. The molecule has 2 aliphatic carbocycles. The molecule has 2 saturated carbocycles. The summed E-state index contributed by atoms with van der Waals surface area (Å²) in [4.78, 5) is 40.9. The molecule has 1 aromatic carbocycles. The van der Waals surface area contributed by atoms with Crippen molar-refractivity contribution < 1.29 is 24.2 Å². The van der Waals surface area contributed by atoms with Gasteiger partial charge in [-0.05, 0) is 61.3 Å². The van der Waals surface area contributed by atoms with Gasteiger partial charge in [0, 0.05) is 31.6 Å². The topological polar surface area (TPSA) is 87.2 Å². The van der Waals surface area contributed by atoms with Gasteiger partial charge in [-0.3, -0.25) is 9.59 Å². The molecule has 0 unspecified atom stereocenters. The van der Waals surface area contributed by atoms with Crippen LogP contribution in [-0.2, 0) is 14.4 Å². The number of nitrogens with zero attached hydrogens (tertiary/aromatic N) is 2. The fraction of sp³-hybridized carbons (Fsp3) is 0.621. The molecule has 2 amide bonds. The molecule has 1 aliphatic heterocycles. The fourth-order valence-corrected chi connectivity index (χ4v) is 6.01. The number of carbonyl (C=O) groups excluding carboxylic acids is 2. The van der Waals surface area contributed by atoms with Gasteiger partial charge < -0.3 is 19.6 Å². The number of rotatable bonds is 9. The monoisotopic (exact) mass is 496 g/mol. The van der Waals surface area contributed by atoms with Crippen molar-refractivity contribution in [1.82, 2.24) is 9.80 Å². The van der Waals surface area contributed by atoms with E-state index in [4.69, 9.17) is 4.74 Å². The maximum Gasteiger partial charge on any atom is 0.332 e. The summed E-state index contributed by atoms with van der Waals surface area (Å²) < 4.78 is 5.81. The zero-order chi connectivity index (χ0) is 25.5. The summed E-state index contributed by atoms with van der Waals surface area (Å²) in [7, 11) is 1.83. The van der Waals surface area contributed by atoms with Crippen molar-refractivity contribution in [3.05, 3.63) is 35.4 Å². The van der Waals surface area contributed by atoms with E-state index in [1.54, 1.807) is 35.2 Å². The van der Waals surface area contributed by atoms with Crippen LogP contribution in [0, 0.1) is 17.8 Å². The number of carboxylic acids is 1. The lowest BCUT2D eigenvalue weighted by Gasteiger charge is -2.26. The van der Waals surface area contributed by atoms with Crippen molar-refractivity contribution in [3.63, 3.8) is 0 Å². The number of ether oxygens (including phenoxy) is 1. The Morgan fingerprint density at radius 1 is 0.972 bits per heavy atom.